The predicted octanol–water partition coefficient (Wildman–Crippen LogP) is 5.32. The molecule has 0 unspecified atom stereocenters. The van der Waals surface area contributed by atoms with Gasteiger partial charge in [0.25, 0.3) is 11.8 Å². The van der Waals surface area contributed by atoms with Crippen LogP contribution in [0.1, 0.15) is 50.5 Å². The highest BCUT2D eigenvalue weighted by molar-refractivity contribution is 7.10. The van der Waals surface area contributed by atoms with Crippen LogP contribution in [0.2, 0.25) is 0 Å². The fourth-order valence-electron chi connectivity index (χ4n) is 3.23. The monoisotopic (exact) mass is 418 g/mol. The van der Waals surface area contributed by atoms with Crippen LogP contribution in [0.15, 0.2) is 65.7 Å². The Bertz CT molecular complexity index is 1080. The van der Waals surface area contributed by atoms with E-state index in [0.717, 1.165) is 27.1 Å². The third kappa shape index (κ3) is 5.45. The Morgan fingerprint density at radius 3 is 2.43 bits per heavy atom. The normalized spacial score (nSPS) is 12.3. The highest BCUT2D eigenvalue weighted by atomic mass is 32.1. The van der Waals surface area contributed by atoms with Gasteiger partial charge in [0.15, 0.2) is 0 Å². The van der Waals surface area contributed by atoms with Crippen LogP contribution in [0.25, 0.3) is 6.08 Å². The van der Waals surface area contributed by atoms with Gasteiger partial charge in [-0.2, -0.15) is 0 Å². The standard InChI is InChI=1S/C25H26N2O2S/c1-16-7-5-8-20(13-16)24(28)27-23(15-21-9-6-12-30-21)25(29)26-19(4)22-14-17(2)10-11-18(22)3/h5-15,19H,1-4H3,(H,26,29)(H,27,28)/b23-15-/t19-/m0/s1. The molecule has 0 aliphatic heterocycles. The van der Waals surface area contributed by atoms with Crippen molar-refractivity contribution in [2.24, 2.45) is 0 Å². The predicted molar refractivity (Wildman–Crippen MR) is 123 cm³/mol. The molecule has 154 valence electrons. The minimum absolute atomic E-state index is 0.194. The fraction of sp³-hybridized carbons (Fsp3) is 0.200. The van der Waals surface area contributed by atoms with E-state index in [9.17, 15) is 9.59 Å². The lowest BCUT2D eigenvalue weighted by Gasteiger charge is -2.19. The van der Waals surface area contributed by atoms with E-state index < -0.39 is 0 Å². The van der Waals surface area contributed by atoms with Crippen LogP contribution in [0.4, 0.5) is 0 Å². The van der Waals surface area contributed by atoms with Crippen molar-refractivity contribution in [2.75, 3.05) is 0 Å². The molecule has 1 aromatic heterocycles. The Morgan fingerprint density at radius 1 is 0.967 bits per heavy atom. The van der Waals surface area contributed by atoms with Crippen LogP contribution in [-0.2, 0) is 4.79 Å². The Balaban J connectivity index is 1.84. The molecule has 2 aromatic carbocycles. The van der Waals surface area contributed by atoms with Gasteiger partial charge in [0.05, 0.1) is 6.04 Å². The molecule has 0 saturated carbocycles. The van der Waals surface area contributed by atoms with Crippen LogP contribution in [0.3, 0.4) is 0 Å². The molecule has 0 bridgehead atoms. The zero-order chi connectivity index (χ0) is 21.7. The maximum absolute atomic E-state index is 13.1. The van der Waals surface area contributed by atoms with Gasteiger partial charge in [-0.1, -0.05) is 47.5 Å². The molecule has 30 heavy (non-hydrogen) atoms. The van der Waals surface area contributed by atoms with Crippen molar-refractivity contribution in [3.63, 3.8) is 0 Å². The molecule has 0 aliphatic carbocycles. The number of carbonyl (C=O) groups excluding carboxylic acids is 2. The smallest absolute Gasteiger partial charge is 0.268 e. The molecule has 0 aliphatic rings. The lowest BCUT2D eigenvalue weighted by atomic mass is 10.00. The van der Waals surface area contributed by atoms with E-state index in [1.807, 2.05) is 57.3 Å². The van der Waals surface area contributed by atoms with Gasteiger partial charge in [0.1, 0.15) is 5.70 Å². The van der Waals surface area contributed by atoms with Crippen molar-refractivity contribution in [1.82, 2.24) is 10.6 Å². The largest absolute Gasteiger partial charge is 0.344 e. The third-order valence-corrected chi connectivity index (χ3v) is 5.67. The lowest BCUT2D eigenvalue weighted by molar-refractivity contribution is -0.118. The number of benzene rings is 2. The number of carbonyl (C=O) groups is 2. The summed E-state index contributed by atoms with van der Waals surface area (Å²) < 4.78 is 0. The SMILES string of the molecule is Cc1cccc(C(=O)N/C(=C\c2cccs2)C(=O)N[C@@H](C)c2cc(C)ccc2C)c1. The van der Waals surface area contributed by atoms with Crippen molar-refractivity contribution in [3.8, 4) is 0 Å². The first-order valence-corrected chi connectivity index (χ1v) is 10.7. The molecule has 3 rings (SSSR count). The summed E-state index contributed by atoms with van der Waals surface area (Å²) in [5, 5.41) is 7.76. The van der Waals surface area contributed by atoms with E-state index in [1.54, 1.807) is 18.2 Å². The van der Waals surface area contributed by atoms with Gasteiger partial charge in [-0.15, -0.1) is 11.3 Å². The molecule has 0 spiro atoms. The second kappa shape index (κ2) is 9.55. The maximum atomic E-state index is 13.1. The van der Waals surface area contributed by atoms with Crippen molar-refractivity contribution in [1.29, 1.82) is 0 Å². The Kier molecular flexibility index (Phi) is 6.85. The molecule has 2 amide bonds. The van der Waals surface area contributed by atoms with E-state index in [4.69, 9.17) is 0 Å². The zero-order valence-corrected chi connectivity index (χ0v) is 18.5. The average molecular weight is 419 g/mol. The first kappa shape index (κ1) is 21.5. The summed E-state index contributed by atoms with van der Waals surface area (Å²) in [5.74, 6) is -0.631. The van der Waals surface area contributed by atoms with Crippen LogP contribution in [0, 0.1) is 20.8 Å². The minimum Gasteiger partial charge on any atom is -0.344 e. The average Bonchev–Trinajstić information content (AvgIpc) is 3.22. The summed E-state index contributed by atoms with van der Waals surface area (Å²) in [5.41, 5.74) is 5.03. The van der Waals surface area contributed by atoms with E-state index in [1.165, 1.54) is 11.3 Å². The van der Waals surface area contributed by atoms with Gasteiger partial charge in [-0.05, 0) is 68.5 Å². The van der Waals surface area contributed by atoms with Gasteiger partial charge in [-0.3, -0.25) is 9.59 Å². The summed E-state index contributed by atoms with van der Waals surface area (Å²) in [6.45, 7) is 7.93. The van der Waals surface area contributed by atoms with Crippen LogP contribution in [-0.4, -0.2) is 11.8 Å². The number of rotatable bonds is 6. The summed E-state index contributed by atoms with van der Waals surface area (Å²) in [4.78, 5) is 26.8. The Labute approximate surface area is 181 Å². The van der Waals surface area contributed by atoms with Gasteiger partial charge in [0.2, 0.25) is 0 Å². The van der Waals surface area contributed by atoms with Gasteiger partial charge in [0, 0.05) is 10.4 Å². The third-order valence-electron chi connectivity index (χ3n) is 4.85. The van der Waals surface area contributed by atoms with Gasteiger partial charge in [-0.25, -0.2) is 0 Å². The molecule has 0 saturated heterocycles. The van der Waals surface area contributed by atoms with Crippen molar-refractivity contribution in [3.05, 3.63) is 98.4 Å². The number of thiophene rings is 1. The van der Waals surface area contributed by atoms with Crippen molar-refractivity contribution in [2.45, 2.75) is 33.7 Å². The van der Waals surface area contributed by atoms with Crippen LogP contribution >= 0.6 is 11.3 Å². The highest BCUT2D eigenvalue weighted by Gasteiger charge is 2.18. The van der Waals surface area contributed by atoms with E-state index in [2.05, 4.69) is 28.8 Å². The molecule has 4 nitrogen and oxygen atoms in total. The van der Waals surface area contributed by atoms with E-state index >= 15 is 0 Å². The quantitative estimate of drug-likeness (QED) is 0.532. The molecule has 3 aromatic rings. The number of aryl methyl sites for hydroxylation is 3. The number of amides is 2. The molecule has 0 radical (unpaired) electrons. The number of hydrogen-bond donors (Lipinski definition) is 2. The molecule has 5 heteroatoms. The van der Waals surface area contributed by atoms with E-state index in [-0.39, 0.29) is 23.6 Å². The number of hydrogen-bond acceptors (Lipinski definition) is 3. The molecule has 2 N–H and O–H groups in total. The summed E-state index contributed by atoms with van der Waals surface area (Å²) in [6.07, 6.45) is 1.71. The lowest BCUT2D eigenvalue weighted by Crippen LogP contribution is -2.36. The first-order valence-electron chi connectivity index (χ1n) is 9.84. The van der Waals surface area contributed by atoms with E-state index in [0.29, 0.717) is 5.56 Å². The second-order valence-corrected chi connectivity index (χ2v) is 8.43. The zero-order valence-electron chi connectivity index (χ0n) is 17.7. The number of nitrogens with one attached hydrogen (secondary N) is 2. The maximum Gasteiger partial charge on any atom is 0.268 e. The van der Waals surface area contributed by atoms with Crippen molar-refractivity contribution < 1.29 is 9.59 Å². The summed E-state index contributed by atoms with van der Waals surface area (Å²) in [7, 11) is 0. The fourth-order valence-corrected chi connectivity index (χ4v) is 3.89. The van der Waals surface area contributed by atoms with Crippen molar-refractivity contribution >= 4 is 29.2 Å². The minimum atomic E-state index is -0.321. The molecular weight excluding hydrogens is 392 g/mol. The Morgan fingerprint density at radius 2 is 1.73 bits per heavy atom. The summed E-state index contributed by atoms with van der Waals surface area (Å²) in [6, 6.07) is 17.1. The summed E-state index contributed by atoms with van der Waals surface area (Å²) >= 11 is 1.51. The molecule has 0 fully saturated rings. The highest BCUT2D eigenvalue weighted by Crippen LogP contribution is 2.20. The topological polar surface area (TPSA) is 58.2 Å². The van der Waals surface area contributed by atoms with Crippen LogP contribution < -0.4 is 10.6 Å². The molecule has 1 atom stereocenters. The second-order valence-electron chi connectivity index (χ2n) is 7.45. The molecular formula is C25H26N2O2S. The van der Waals surface area contributed by atoms with Gasteiger partial charge < -0.3 is 10.6 Å². The Hall–Kier alpha value is -3.18. The first-order chi connectivity index (χ1) is 14.3. The van der Waals surface area contributed by atoms with Gasteiger partial charge >= 0.3 is 0 Å². The molecule has 1 heterocycles. The van der Waals surface area contributed by atoms with Crippen LogP contribution in [0.5, 0.6) is 0 Å².